The second-order valence-electron chi connectivity index (χ2n) is 3.44. The van der Waals surface area contributed by atoms with Gasteiger partial charge in [-0.15, -0.1) is 0 Å². The largest absolute Gasteiger partial charge is 0.384 e. The maximum absolute atomic E-state index is 13.6. The van der Waals surface area contributed by atoms with Crippen LogP contribution in [-0.2, 0) is 0 Å². The lowest BCUT2D eigenvalue weighted by Crippen LogP contribution is -2.02. The summed E-state index contributed by atoms with van der Waals surface area (Å²) in [6.45, 7) is 2.50. The Hall–Kier alpha value is -1.86. The topological polar surface area (TPSA) is 48.7 Å². The molecule has 1 aromatic heterocycles. The molecule has 0 radical (unpaired) electrons. The fraction of sp³-hybridized carbons (Fsp3) is 0.167. The van der Waals surface area contributed by atoms with Crippen LogP contribution in [0.25, 0.3) is 10.9 Å². The van der Waals surface area contributed by atoms with Crippen LogP contribution in [0, 0.1) is 17.1 Å². The van der Waals surface area contributed by atoms with Crippen LogP contribution in [0.3, 0.4) is 0 Å². The van der Waals surface area contributed by atoms with E-state index < -0.39 is 5.82 Å². The number of hydrogen-bond acceptors (Lipinski definition) is 3. The van der Waals surface area contributed by atoms with Crippen LogP contribution in [0.4, 0.5) is 10.1 Å². The summed E-state index contributed by atoms with van der Waals surface area (Å²) in [6, 6.07) is 4.74. The molecular formula is C12H9ClFN3. The summed E-state index contributed by atoms with van der Waals surface area (Å²) in [6.07, 6.45) is 1.35. The van der Waals surface area contributed by atoms with Crippen molar-refractivity contribution >= 4 is 28.2 Å². The third-order valence-electron chi connectivity index (χ3n) is 2.39. The van der Waals surface area contributed by atoms with E-state index in [-0.39, 0.29) is 5.52 Å². The first-order valence-corrected chi connectivity index (χ1v) is 5.47. The number of aromatic nitrogens is 1. The highest BCUT2D eigenvalue weighted by Gasteiger charge is 2.14. The quantitative estimate of drug-likeness (QED) is 0.888. The first-order chi connectivity index (χ1) is 8.19. The minimum absolute atomic E-state index is 0.174. The fourth-order valence-corrected chi connectivity index (χ4v) is 1.93. The van der Waals surface area contributed by atoms with E-state index in [0.717, 1.165) is 0 Å². The SMILES string of the molecule is CCNc1c(C#N)cnc2c(F)ccc(Cl)c12. The summed E-state index contributed by atoms with van der Waals surface area (Å²) in [5.74, 6) is -0.451. The molecule has 0 aliphatic rings. The standard InChI is InChI=1S/C12H9ClFN3/c1-2-16-11-7(5-15)6-17-12-9(14)4-3-8(13)10(11)12/h3-4,6H,2H2,1H3,(H,16,17). The van der Waals surface area contributed by atoms with Crippen LogP contribution in [0.1, 0.15) is 12.5 Å². The number of nitrogens with zero attached hydrogens (tertiary/aromatic N) is 2. The van der Waals surface area contributed by atoms with Gasteiger partial charge in [-0.1, -0.05) is 11.6 Å². The van der Waals surface area contributed by atoms with Crippen LogP contribution >= 0.6 is 11.6 Å². The highest BCUT2D eigenvalue weighted by molar-refractivity contribution is 6.36. The Morgan fingerprint density at radius 2 is 2.29 bits per heavy atom. The molecule has 0 saturated carbocycles. The molecule has 17 heavy (non-hydrogen) atoms. The molecular weight excluding hydrogens is 241 g/mol. The van der Waals surface area contributed by atoms with Gasteiger partial charge < -0.3 is 5.32 Å². The summed E-state index contributed by atoms with van der Waals surface area (Å²) in [4.78, 5) is 3.93. The Kier molecular flexibility index (Phi) is 3.12. The molecule has 2 aromatic rings. The summed E-state index contributed by atoms with van der Waals surface area (Å²) < 4.78 is 13.6. The zero-order chi connectivity index (χ0) is 12.4. The van der Waals surface area contributed by atoms with Gasteiger partial charge in [0.25, 0.3) is 0 Å². The van der Waals surface area contributed by atoms with Crippen molar-refractivity contribution in [3.8, 4) is 6.07 Å². The smallest absolute Gasteiger partial charge is 0.149 e. The van der Waals surface area contributed by atoms with E-state index >= 15 is 0 Å². The molecule has 0 unspecified atom stereocenters. The van der Waals surface area contributed by atoms with Gasteiger partial charge in [0.2, 0.25) is 0 Å². The summed E-state index contributed by atoms with van der Waals surface area (Å²) in [5, 5.41) is 12.9. The number of rotatable bonds is 2. The number of anilines is 1. The number of benzene rings is 1. The van der Waals surface area contributed by atoms with Crippen LogP contribution < -0.4 is 5.32 Å². The lowest BCUT2D eigenvalue weighted by atomic mass is 10.1. The molecule has 3 nitrogen and oxygen atoms in total. The summed E-state index contributed by atoms with van der Waals surface area (Å²) in [7, 11) is 0. The van der Waals surface area contributed by atoms with Crippen molar-refractivity contribution in [1.29, 1.82) is 5.26 Å². The normalized spacial score (nSPS) is 10.2. The van der Waals surface area contributed by atoms with Crippen LogP contribution in [0.15, 0.2) is 18.3 Å². The zero-order valence-electron chi connectivity index (χ0n) is 9.09. The molecule has 0 bridgehead atoms. The number of halogens is 2. The predicted octanol–water partition coefficient (Wildman–Crippen LogP) is 3.33. The minimum Gasteiger partial charge on any atom is -0.384 e. The van der Waals surface area contributed by atoms with Crippen molar-refractivity contribution in [2.45, 2.75) is 6.92 Å². The second kappa shape index (κ2) is 4.56. The monoisotopic (exact) mass is 249 g/mol. The van der Waals surface area contributed by atoms with Crippen molar-refractivity contribution in [2.24, 2.45) is 0 Å². The summed E-state index contributed by atoms with van der Waals surface area (Å²) in [5.41, 5.74) is 1.06. The molecule has 0 amide bonds. The Morgan fingerprint density at radius 1 is 1.53 bits per heavy atom. The first kappa shape index (κ1) is 11.6. The number of nitriles is 1. The molecule has 0 aliphatic carbocycles. The third kappa shape index (κ3) is 1.90. The average Bonchev–Trinajstić information content (AvgIpc) is 2.34. The number of pyridine rings is 1. The van der Waals surface area contributed by atoms with E-state index in [2.05, 4.69) is 10.3 Å². The van der Waals surface area contributed by atoms with Crippen molar-refractivity contribution in [2.75, 3.05) is 11.9 Å². The minimum atomic E-state index is -0.451. The highest BCUT2D eigenvalue weighted by atomic mass is 35.5. The number of hydrogen-bond donors (Lipinski definition) is 1. The molecule has 0 aliphatic heterocycles. The molecule has 0 saturated heterocycles. The van der Waals surface area contributed by atoms with Gasteiger partial charge in [0.15, 0.2) is 0 Å². The van der Waals surface area contributed by atoms with Gasteiger partial charge in [0, 0.05) is 18.1 Å². The van der Waals surface area contributed by atoms with E-state index in [9.17, 15) is 4.39 Å². The van der Waals surface area contributed by atoms with E-state index in [0.29, 0.717) is 28.2 Å². The van der Waals surface area contributed by atoms with Gasteiger partial charge in [-0.25, -0.2) is 4.39 Å². The van der Waals surface area contributed by atoms with E-state index in [1.54, 1.807) is 0 Å². The fourth-order valence-electron chi connectivity index (χ4n) is 1.68. The molecule has 5 heteroatoms. The maximum Gasteiger partial charge on any atom is 0.149 e. The van der Waals surface area contributed by atoms with Crippen LogP contribution in [0.2, 0.25) is 5.02 Å². The van der Waals surface area contributed by atoms with E-state index in [4.69, 9.17) is 16.9 Å². The van der Waals surface area contributed by atoms with Gasteiger partial charge in [-0.05, 0) is 19.1 Å². The Bertz CT molecular complexity index is 619. The van der Waals surface area contributed by atoms with Gasteiger partial charge in [-0.2, -0.15) is 5.26 Å². The predicted molar refractivity (Wildman–Crippen MR) is 65.6 cm³/mol. The van der Waals surface area contributed by atoms with Gasteiger partial charge in [-0.3, -0.25) is 4.98 Å². The van der Waals surface area contributed by atoms with Crippen LogP contribution in [0.5, 0.6) is 0 Å². The van der Waals surface area contributed by atoms with Crippen LogP contribution in [-0.4, -0.2) is 11.5 Å². The zero-order valence-corrected chi connectivity index (χ0v) is 9.85. The summed E-state index contributed by atoms with van der Waals surface area (Å²) >= 11 is 6.04. The van der Waals surface area contributed by atoms with Crippen molar-refractivity contribution in [3.05, 3.63) is 34.7 Å². The molecule has 2 rings (SSSR count). The molecule has 86 valence electrons. The molecule has 0 spiro atoms. The second-order valence-corrected chi connectivity index (χ2v) is 3.85. The van der Waals surface area contributed by atoms with E-state index in [1.807, 2.05) is 13.0 Å². The number of nitrogens with one attached hydrogen (secondary N) is 1. The van der Waals surface area contributed by atoms with Crippen molar-refractivity contribution in [1.82, 2.24) is 4.98 Å². The molecule has 1 aromatic carbocycles. The maximum atomic E-state index is 13.6. The molecule has 0 fully saturated rings. The number of fused-ring (bicyclic) bond motifs is 1. The van der Waals surface area contributed by atoms with Crippen molar-refractivity contribution in [3.63, 3.8) is 0 Å². The van der Waals surface area contributed by atoms with Gasteiger partial charge in [0.05, 0.1) is 16.3 Å². The lowest BCUT2D eigenvalue weighted by Gasteiger charge is -2.11. The first-order valence-electron chi connectivity index (χ1n) is 5.09. The third-order valence-corrected chi connectivity index (χ3v) is 2.71. The lowest BCUT2D eigenvalue weighted by molar-refractivity contribution is 0.637. The highest BCUT2D eigenvalue weighted by Crippen LogP contribution is 2.32. The molecule has 0 atom stereocenters. The molecule has 1 heterocycles. The van der Waals surface area contributed by atoms with Gasteiger partial charge in [0.1, 0.15) is 17.4 Å². The average molecular weight is 250 g/mol. The van der Waals surface area contributed by atoms with E-state index in [1.165, 1.54) is 18.3 Å². The van der Waals surface area contributed by atoms with Gasteiger partial charge >= 0.3 is 0 Å². The Labute approximate surface area is 103 Å². The Balaban J connectivity index is 2.89. The molecule has 1 N–H and O–H groups in total. The Morgan fingerprint density at radius 3 is 2.94 bits per heavy atom. The van der Waals surface area contributed by atoms with Crippen molar-refractivity contribution < 1.29 is 4.39 Å².